The first kappa shape index (κ1) is 15.9. The molecule has 18 heavy (non-hydrogen) atoms. The zero-order valence-corrected chi connectivity index (χ0v) is 12.1. The van der Waals surface area contributed by atoms with Crippen molar-refractivity contribution in [2.75, 3.05) is 33.4 Å². The number of nitrogens with one attached hydrogen (secondary N) is 1. The van der Waals surface area contributed by atoms with Crippen LogP contribution in [0.3, 0.4) is 0 Å². The highest BCUT2D eigenvalue weighted by Crippen LogP contribution is 2.21. The molecule has 4 heteroatoms. The van der Waals surface area contributed by atoms with Gasteiger partial charge >= 0.3 is 0 Å². The Morgan fingerprint density at radius 3 is 2.44 bits per heavy atom. The number of rotatable bonds is 9. The second-order valence-corrected chi connectivity index (χ2v) is 5.17. The first-order valence-electron chi connectivity index (χ1n) is 7.19. The van der Waals surface area contributed by atoms with Gasteiger partial charge in [-0.2, -0.15) is 0 Å². The third-order valence-corrected chi connectivity index (χ3v) is 3.24. The van der Waals surface area contributed by atoms with E-state index in [4.69, 9.17) is 14.2 Å². The van der Waals surface area contributed by atoms with Crippen molar-refractivity contribution < 1.29 is 14.2 Å². The molecule has 0 bridgehead atoms. The van der Waals surface area contributed by atoms with Crippen molar-refractivity contribution in [3.63, 3.8) is 0 Å². The predicted octanol–water partition coefficient (Wildman–Crippen LogP) is 1.98. The molecular weight excluding hydrogens is 230 g/mol. The van der Waals surface area contributed by atoms with Crippen molar-refractivity contribution in [3.05, 3.63) is 0 Å². The van der Waals surface area contributed by atoms with Crippen molar-refractivity contribution in [1.82, 2.24) is 5.32 Å². The molecule has 1 aliphatic heterocycles. The van der Waals surface area contributed by atoms with Gasteiger partial charge in [0.2, 0.25) is 0 Å². The molecule has 0 radical (unpaired) electrons. The summed E-state index contributed by atoms with van der Waals surface area (Å²) in [6.07, 6.45) is 5.44. The van der Waals surface area contributed by atoms with Crippen molar-refractivity contribution in [2.45, 2.75) is 57.8 Å². The Morgan fingerprint density at radius 1 is 1.06 bits per heavy atom. The molecule has 0 aromatic rings. The maximum absolute atomic E-state index is 5.92. The van der Waals surface area contributed by atoms with E-state index in [-0.39, 0.29) is 0 Å². The van der Waals surface area contributed by atoms with E-state index < -0.39 is 0 Å². The normalized spacial score (nSPS) is 28.5. The van der Waals surface area contributed by atoms with Gasteiger partial charge in [0, 0.05) is 20.3 Å². The van der Waals surface area contributed by atoms with Crippen molar-refractivity contribution in [2.24, 2.45) is 0 Å². The number of methoxy groups -OCH3 is 1. The van der Waals surface area contributed by atoms with E-state index in [1.54, 1.807) is 7.11 Å². The quantitative estimate of drug-likeness (QED) is 0.643. The molecule has 1 rings (SSSR count). The molecule has 1 fully saturated rings. The van der Waals surface area contributed by atoms with E-state index in [0.29, 0.717) is 18.3 Å². The standard InChI is InChI=1S/C14H29NO3/c1-12-10-14(11-13(2)18-12)17-8-5-4-6-15-7-9-16-3/h12-15H,4-11H2,1-3H3. The van der Waals surface area contributed by atoms with Crippen LogP contribution in [0.4, 0.5) is 0 Å². The second-order valence-electron chi connectivity index (χ2n) is 5.17. The van der Waals surface area contributed by atoms with Crippen molar-refractivity contribution >= 4 is 0 Å². The van der Waals surface area contributed by atoms with Crippen LogP contribution in [0, 0.1) is 0 Å². The minimum absolute atomic E-state index is 0.342. The topological polar surface area (TPSA) is 39.7 Å². The van der Waals surface area contributed by atoms with Gasteiger partial charge in [-0.3, -0.25) is 0 Å². The minimum atomic E-state index is 0.342. The average Bonchev–Trinajstić information content (AvgIpc) is 2.31. The minimum Gasteiger partial charge on any atom is -0.383 e. The van der Waals surface area contributed by atoms with E-state index in [0.717, 1.165) is 52.0 Å². The smallest absolute Gasteiger partial charge is 0.0624 e. The number of hydrogen-bond acceptors (Lipinski definition) is 4. The van der Waals surface area contributed by atoms with Crippen molar-refractivity contribution in [3.8, 4) is 0 Å². The highest BCUT2D eigenvalue weighted by Gasteiger charge is 2.24. The van der Waals surface area contributed by atoms with Crippen molar-refractivity contribution in [1.29, 1.82) is 0 Å². The average molecular weight is 259 g/mol. The summed E-state index contributed by atoms with van der Waals surface area (Å²) in [7, 11) is 1.73. The van der Waals surface area contributed by atoms with Crippen LogP contribution in [-0.2, 0) is 14.2 Å². The van der Waals surface area contributed by atoms with Crippen LogP contribution >= 0.6 is 0 Å². The van der Waals surface area contributed by atoms with Crippen LogP contribution in [0.15, 0.2) is 0 Å². The molecule has 2 unspecified atom stereocenters. The third-order valence-electron chi connectivity index (χ3n) is 3.24. The number of hydrogen-bond donors (Lipinski definition) is 1. The lowest BCUT2D eigenvalue weighted by Crippen LogP contribution is -2.34. The summed E-state index contributed by atoms with van der Waals surface area (Å²) in [4.78, 5) is 0. The molecule has 0 aliphatic carbocycles. The molecule has 1 N–H and O–H groups in total. The van der Waals surface area contributed by atoms with E-state index in [1.807, 2.05) is 0 Å². The predicted molar refractivity (Wildman–Crippen MR) is 73.0 cm³/mol. The van der Waals surface area contributed by atoms with Crippen LogP contribution < -0.4 is 5.32 Å². The maximum atomic E-state index is 5.92. The molecule has 0 saturated carbocycles. The molecule has 0 amide bonds. The largest absolute Gasteiger partial charge is 0.383 e. The Bertz CT molecular complexity index is 191. The fourth-order valence-corrected chi connectivity index (χ4v) is 2.38. The fraction of sp³-hybridized carbons (Fsp3) is 1.00. The lowest BCUT2D eigenvalue weighted by Gasteiger charge is -2.32. The molecular formula is C14H29NO3. The van der Waals surface area contributed by atoms with Gasteiger partial charge in [0.25, 0.3) is 0 Å². The van der Waals surface area contributed by atoms with E-state index in [2.05, 4.69) is 19.2 Å². The third kappa shape index (κ3) is 7.31. The summed E-state index contributed by atoms with van der Waals surface area (Å²) in [6, 6.07) is 0. The van der Waals surface area contributed by atoms with Gasteiger partial charge < -0.3 is 19.5 Å². The second kappa shape index (κ2) is 9.73. The Kier molecular flexibility index (Phi) is 8.59. The SMILES string of the molecule is COCCNCCCCOC1CC(C)OC(C)C1. The molecule has 1 heterocycles. The van der Waals surface area contributed by atoms with Crippen LogP contribution in [0.25, 0.3) is 0 Å². The monoisotopic (exact) mass is 259 g/mol. The summed E-state index contributed by atoms with van der Waals surface area (Å²) in [5.74, 6) is 0. The summed E-state index contributed by atoms with van der Waals surface area (Å²) < 4.78 is 16.6. The van der Waals surface area contributed by atoms with Crippen LogP contribution in [-0.4, -0.2) is 51.7 Å². The van der Waals surface area contributed by atoms with E-state index >= 15 is 0 Å². The van der Waals surface area contributed by atoms with Gasteiger partial charge in [0.1, 0.15) is 0 Å². The molecule has 0 spiro atoms. The molecule has 0 aromatic carbocycles. The molecule has 1 saturated heterocycles. The Morgan fingerprint density at radius 2 is 1.78 bits per heavy atom. The highest BCUT2D eigenvalue weighted by molar-refractivity contribution is 4.73. The van der Waals surface area contributed by atoms with E-state index in [1.165, 1.54) is 0 Å². The van der Waals surface area contributed by atoms with Gasteiger partial charge in [-0.05, 0) is 46.1 Å². The van der Waals surface area contributed by atoms with Gasteiger partial charge in [-0.25, -0.2) is 0 Å². The molecule has 2 atom stereocenters. The first-order chi connectivity index (χ1) is 8.72. The lowest BCUT2D eigenvalue weighted by atomic mass is 10.0. The van der Waals surface area contributed by atoms with Gasteiger partial charge in [-0.1, -0.05) is 0 Å². The fourth-order valence-electron chi connectivity index (χ4n) is 2.38. The Hall–Kier alpha value is -0.160. The number of ether oxygens (including phenoxy) is 3. The summed E-state index contributed by atoms with van der Waals surface area (Å²) in [5, 5.41) is 3.34. The van der Waals surface area contributed by atoms with Gasteiger partial charge in [-0.15, -0.1) is 0 Å². The van der Waals surface area contributed by atoms with Crippen LogP contribution in [0.2, 0.25) is 0 Å². The maximum Gasteiger partial charge on any atom is 0.0624 e. The summed E-state index contributed by atoms with van der Waals surface area (Å²) >= 11 is 0. The zero-order chi connectivity index (χ0) is 13.2. The Labute approximate surface area is 111 Å². The molecule has 1 aliphatic rings. The first-order valence-corrected chi connectivity index (χ1v) is 7.19. The number of unbranched alkanes of at least 4 members (excludes halogenated alkanes) is 1. The van der Waals surface area contributed by atoms with Gasteiger partial charge in [0.15, 0.2) is 0 Å². The lowest BCUT2D eigenvalue weighted by molar-refractivity contribution is -0.102. The highest BCUT2D eigenvalue weighted by atomic mass is 16.5. The molecule has 0 aromatic heterocycles. The molecule has 4 nitrogen and oxygen atoms in total. The van der Waals surface area contributed by atoms with E-state index in [9.17, 15) is 0 Å². The summed E-state index contributed by atoms with van der Waals surface area (Å²) in [5.41, 5.74) is 0. The van der Waals surface area contributed by atoms with Crippen LogP contribution in [0.5, 0.6) is 0 Å². The zero-order valence-electron chi connectivity index (χ0n) is 12.1. The van der Waals surface area contributed by atoms with Gasteiger partial charge in [0.05, 0.1) is 24.9 Å². The molecule has 108 valence electrons. The Balaban J connectivity index is 1.91. The summed E-state index contributed by atoms with van der Waals surface area (Å²) in [6.45, 7) is 7.90. The van der Waals surface area contributed by atoms with Crippen LogP contribution in [0.1, 0.15) is 39.5 Å².